The molecule has 1 fully saturated rings. The minimum absolute atomic E-state index is 0.167. The van der Waals surface area contributed by atoms with Gasteiger partial charge in [-0.15, -0.1) is 0 Å². The Bertz CT molecular complexity index is 593. The van der Waals surface area contributed by atoms with Crippen molar-refractivity contribution in [3.05, 3.63) is 34.9 Å². The molecule has 1 aliphatic heterocycles. The molecule has 0 radical (unpaired) electrons. The van der Waals surface area contributed by atoms with Gasteiger partial charge in [-0.05, 0) is 44.4 Å². The van der Waals surface area contributed by atoms with Crippen molar-refractivity contribution in [2.75, 3.05) is 20.2 Å². The zero-order valence-corrected chi connectivity index (χ0v) is 12.6. The van der Waals surface area contributed by atoms with E-state index in [4.69, 9.17) is 4.74 Å². The van der Waals surface area contributed by atoms with E-state index in [9.17, 15) is 10.1 Å². The van der Waals surface area contributed by atoms with Gasteiger partial charge in [-0.25, -0.2) is 0 Å². The van der Waals surface area contributed by atoms with Crippen molar-refractivity contribution in [1.82, 2.24) is 4.90 Å². The number of carbonyl (C=O) groups excluding carboxylic acids is 1. The standard InChI is InChI=1S/C17H20N2O2/c1-13-6-7-16(21-2)14(10-13)11-15(12-18)17(20)19-8-4-3-5-9-19/h6-7,10-11H,3-5,8-9H2,1-2H3/b15-11+. The van der Waals surface area contributed by atoms with Crippen LogP contribution in [-0.2, 0) is 4.79 Å². The minimum atomic E-state index is -0.180. The molecule has 0 bridgehead atoms. The second-order valence-electron chi connectivity index (χ2n) is 5.27. The molecule has 1 aliphatic rings. The zero-order chi connectivity index (χ0) is 15.2. The summed E-state index contributed by atoms with van der Waals surface area (Å²) in [5.74, 6) is 0.487. The van der Waals surface area contributed by atoms with Crippen LogP contribution in [0.1, 0.15) is 30.4 Å². The summed E-state index contributed by atoms with van der Waals surface area (Å²) in [7, 11) is 1.58. The normalized spacial score (nSPS) is 15.5. The highest BCUT2D eigenvalue weighted by molar-refractivity contribution is 6.02. The fourth-order valence-electron chi connectivity index (χ4n) is 2.53. The molecule has 1 amide bonds. The van der Waals surface area contributed by atoms with Crippen molar-refractivity contribution in [2.24, 2.45) is 0 Å². The van der Waals surface area contributed by atoms with Crippen LogP contribution in [0.3, 0.4) is 0 Å². The molecule has 4 heteroatoms. The Labute approximate surface area is 125 Å². The highest BCUT2D eigenvalue weighted by Crippen LogP contribution is 2.23. The molecule has 1 saturated heterocycles. The molecular formula is C17H20N2O2. The van der Waals surface area contributed by atoms with E-state index in [2.05, 4.69) is 0 Å². The van der Waals surface area contributed by atoms with Gasteiger partial charge >= 0.3 is 0 Å². The lowest BCUT2D eigenvalue weighted by Crippen LogP contribution is -2.36. The summed E-state index contributed by atoms with van der Waals surface area (Å²) < 4.78 is 5.29. The Balaban J connectivity index is 2.30. The molecule has 4 nitrogen and oxygen atoms in total. The van der Waals surface area contributed by atoms with E-state index in [0.29, 0.717) is 5.75 Å². The van der Waals surface area contributed by atoms with Crippen LogP contribution in [0.5, 0.6) is 5.75 Å². The maximum atomic E-state index is 12.4. The molecule has 0 aliphatic carbocycles. The third-order valence-corrected chi connectivity index (χ3v) is 3.68. The predicted molar refractivity (Wildman–Crippen MR) is 81.8 cm³/mol. The van der Waals surface area contributed by atoms with Crippen LogP contribution in [0.2, 0.25) is 0 Å². The van der Waals surface area contributed by atoms with Crippen molar-refractivity contribution in [3.63, 3.8) is 0 Å². The van der Waals surface area contributed by atoms with Crippen LogP contribution < -0.4 is 4.74 Å². The summed E-state index contributed by atoms with van der Waals surface area (Å²) in [5, 5.41) is 9.31. The first kappa shape index (κ1) is 15.1. The third-order valence-electron chi connectivity index (χ3n) is 3.68. The van der Waals surface area contributed by atoms with E-state index in [-0.39, 0.29) is 11.5 Å². The number of nitrogens with zero attached hydrogens (tertiary/aromatic N) is 2. The summed E-state index contributed by atoms with van der Waals surface area (Å²) >= 11 is 0. The number of aryl methyl sites for hydroxylation is 1. The molecule has 0 atom stereocenters. The molecule has 1 aromatic carbocycles. The third kappa shape index (κ3) is 3.63. The van der Waals surface area contributed by atoms with Crippen LogP contribution in [0.4, 0.5) is 0 Å². The topological polar surface area (TPSA) is 53.3 Å². The molecule has 0 unspecified atom stereocenters. The van der Waals surface area contributed by atoms with Gasteiger partial charge in [0.15, 0.2) is 0 Å². The molecule has 1 aromatic rings. The van der Waals surface area contributed by atoms with Crippen LogP contribution in [0.25, 0.3) is 6.08 Å². The van der Waals surface area contributed by atoms with Gasteiger partial charge in [-0.1, -0.05) is 11.6 Å². The largest absolute Gasteiger partial charge is 0.496 e. The SMILES string of the molecule is COc1ccc(C)cc1/C=C(\C#N)C(=O)N1CCCCC1. The molecule has 2 rings (SSSR count). The number of likely N-dealkylation sites (tertiary alicyclic amines) is 1. The second kappa shape index (κ2) is 6.94. The molecule has 110 valence electrons. The minimum Gasteiger partial charge on any atom is -0.496 e. The molecular weight excluding hydrogens is 264 g/mol. The number of hydrogen-bond acceptors (Lipinski definition) is 3. The fourth-order valence-corrected chi connectivity index (χ4v) is 2.53. The van der Waals surface area contributed by atoms with Gasteiger partial charge in [0.05, 0.1) is 7.11 Å². The molecule has 1 heterocycles. The van der Waals surface area contributed by atoms with Gasteiger partial charge in [0.1, 0.15) is 17.4 Å². The van der Waals surface area contributed by atoms with Crippen molar-refractivity contribution >= 4 is 12.0 Å². The Hall–Kier alpha value is -2.28. The second-order valence-corrected chi connectivity index (χ2v) is 5.27. The Morgan fingerprint density at radius 3 is 2.67 bits per heavy atom. The van der Waals surface area contributed by atoms with Crippen molar-refractivity contribution in [1.29, 1.82) is 5.26 Å². The van der Waals surface area contributed by atoms with Crippen molar-refractivity contribution < 1.29 is 9.53 Å². The van der Waals surface area contributed by atoms with Gasteiger partial charge < -0.3 is 9.64 Å². The fraction of sp³-hybridized carbons (Fsp3) is 0.412. The number of rotatable bonds is 3. The van der Waals surface area contributed by atoms with Crippen LogP contribution in [-0.4, -0.2) is 31.0 Å². The van der Waals surface area contributed by atoms with Gasteiger partial charge in [0.25, 0.3) is 5.91 Å². The lowest BCUT2D eigenvalue weighted by atomic mass is 10.1. The molecule has 0 aromatic heterocycles. The van der Waals surface area contributed by atoms with Gasteiger partial charge in [0.2, 0.25) is 0 Å². The summed E-state index contributed by atoms with van der Waals surface area (Å²) in [5.41, 5.74) is 1.99. The number of piperidine rings is 1. The maximum absolute atomic E-state index is 12.4. The molecule has 21 heavy (non-hydrogen) atoms. The number of amides is 1. The number of ether oxygens (including phenoxy) is 1. The Morgan fingerprint density at radius 2 is 2.05 bits per heavy atom. The number of methoxy groups -OCH3 is 1. The first-order valence-corrected chi connectivity index (χ1v) is 7.21. The van der Waals surface area contributed by atoms with Gasteiger partial charge in [-0.3, -0.25) is 4.79 Å². The monoisotopic (exact) mass is 284 g/mol. The van der Waals surface area contributed by atoms with E-state index >= 15 is 0 Å². The average molecular weight is 284 g/mol. The molecule has 0 N–H and O–H groups in total. The summed E-state index contributed by atoms with van der Waals surface area (Å²) in [6, 6.07) is 7.74. The van der Waals surface area contributed by atoms with Crippen LogP contribution in [0.15, 0.2) is 23.8 Å². The first-order chi connectivity index (χ1) is 10.2. The van der Waals surface area contributed by atoms with E-state index in [1.165, 1.54) is 0 Å². The zero-order valence-electron chi connectivity index (χ0n) is 12.6. The van der Waals surface area contributed by atoms with Crippen molar-refractivity contribution in [2.45, 2.75) is 26.2 Å². The van der Waals surface area contributed by atoms with E-state index < -0.39 is 0 Å². The maximum Gasteiger partial charge on any atom is 0.264 e. The first-order valence-electron chi connectivity index (χ1n) is 7.21. The quantitative estimate of drug-likeness (QED) is 0.633. The number of nitriles is 1. The van der Waals surface area contributed by atoms with E-state index in [1.54, 1.807) is 18.1 Å². The Kier molecular flexibility index (Phi) is 4.99. The molecule has 0 spiro atoms. The smallest absolute Gasteiger partial charge is 0.264 e. The number of carbonyl (C=O) groups is 1. The average Bonchev–Trinajstić information content (AvgIpc) is 2.53. The Morgan fingerprint density at radius 1 is 1.33 bits per heavy atom. The highest BCUT2D eigenvalue weighted by atomic mass is 16.5. The summed E-state index contributed by atoms with van der Waals surface area (Å²) in [4.78, 5) is 14.2. The number of benzene rings is 1. The lowest BCUT2D eigenvalue weighted by molar-refractivity contribution is -0.127. The van der Waals surface area contributed by atoms with E-state index in [0.717, 1.165) is 43.5 Å². The van der Waals surface area contributed by atoms with Crippen molar-refractivity contribution in [3.8, 4) is 11.8 Å². The van der Waals surface area contributed by atoms with E-state index in [1.807, 2.05) is 31.2 Å². The van der Waals surface area contributed by atoms with Gasteiger partial charge in [-0.2, -0.15) is 5.26 Å². The highest BCUT2D eigenvalue weighted by Gasteiger charge is 2.20. The predicted octanol–water partition coefficient (Wildman–Crippen LogP) is 2.92. The van der Waals surface area contributed by atoms with Crippen LogP contribution >= 0.6 is 0 Å². The number of hydrogen-bond donors (Lipinski definition) is 0. The lowest BCUT2D eigenvalue weighted by Gasteiger charge is -2.26. The van der Waals surface area contributed by atoms with Crippen LogP contribution in [0, 0.1) is 18.3 Å². The summed E-state index contributed by atoms with van der Waals surface area (Å²) in [6.45, 7) is 3.45. The molecule has 0 saturated carbocycles. The summed E-state index contributed by atoms with van der Waals surface area (Å²) in [6.07, 6.45) is 4.81. The van der Waals surface area contributed by atoms with Gasteiger partial charge in [0, 0.05) is 18.7 Å².